The minimum absolute atomic E-state index is 0.0959. The number of piperidine rings is 1. The topological polar surface area (TPSA) is 28.1 Å². The Labute approximate surface area is 173 Å². The van der Waals surface area contributed by atoms with Crippen LogP contribution in [0.4, 0.5) is 4.39 Å². The molecule has 4 rings (SSSR count). The zero-order valence-corrected chi connectivity index (χ0v) is 17.2. The van der Waals surface area contributed by atoms with Gasteiger partial charge in [0, 0.05) is 19.0 Å². The van der Waals surface area contributed by atoms with Gasteiger partial charge in [0.1, 0.15) is 11.9 Å². The molecule has 0 amide bonds. The Hall–Kier alpha value is -2.40. The maximum Gasteiger partial charge on any atom is 0.288 e. The van der Waals surface area contributed by atoms with Gasteiger partial charge >= 0.3 is 0 Å². The number of rotatable bonds is 4. The van der Waals surface area contributed by atoms with Gasteiger partial charge in [0.25, 0.3) is 6.02 Å². The number of aliphatic imine (C=N–C) groups is 1. The van der Waals surface area contributed by atoms with E-state index in [0.717, 1.165) is 37.2 Å². The number of ether oxygens (including phenoxy) is 1. The maximum atomic E-state index is 13.5. The van der Waals surface area contributed by atoms with Crippen molar-refractivity contribution in [3.63, 3.8) is 0 Å². The fourth-order valence-electron chi connectivity index (χ4n) is 4.82. The summed E-state index contributed by atoms with van der Waals surface area (Å²) in [6.45, 7) is 11.7. The van der Waals surface area contributed by atoms with E-state index in [2.05, 4.69) is 30.0 Å². The van der Waals surface area contributed by atoms with Crippen LogP contribution in [-0.4, -0.2) is 55.2 Å². The summed E-state index contributed by atoms with van der Waals surface area (Å²) >= 11 is 0. The lowest BCUT2D eigenvalue weighted by molar-refractivity contribution is 0.0733. The summed E-state index contributed by atoms with van der Waals surface area (Å²) in [5.74, 6) is 0.280. The van der Waals surface area contributed by atoms with Gasteiger partial charge in [-0.05, 0) is 61.7 Å². The minimum Gasteiger partial charge on any atom is -0.460 e. The summed E-state index contributed by atoms with van der Waals surface area (Å²) < 4.78 is 20.0. The molecule has 1 saturated heterocycles. The first-order chi connectivity index (χ1) is 14.1. The van der Waals surface area contributed by atoms with E-state index < -0.39 is 0 Å². The number of benzene rings is 1. The third-order valence-electron chi connectivity index (χ3n) is 6.35. The summed E-state index contributed by atoms with van der Waals surface area (Å²) in [6, 6.07) is 7.31. The molecule has 0 radical (unpaired) electrons. The second-order valence-corrected chi connectivity index (χ2v) is 8.23. The van der Waals surface area contributed by atoms with Gasteiger partial charge < -0.3 is 14.5 Å². The number of nitrogens with zero attached hydrogens (tertiary/aromatic N) is 3. The molecule has 3 heterocycles. The SMILES string of the molecule is C=CC1=C(C=C)[C@H](c2ccc(F)cc2)N(C2=NC[C@@H]([C@@H]3CCCN(C)C3)O2)CC1. The molecule has 1 aromatic rings. The monoisotopic (exact) mass is 395 g/mol. The molecule has 0 bridgehead atoms. The second-order valence-electron chi connectivity index (χ2n) is 8.23. The Morgan fingerprint density at radius 2 is 1.97 bits per heavy atom. The van der Waals surface area contributed by atoms with Gasteiger partial charge in [0.05, 0.1) is 12.6 Å². The van der Waals surface area contributed by atoms with Crippen LogP contribution >= 0.6 is 0 Å². The van der Waals surface area contributed by atoms with Gasteiger partial charge in [0.15, 0.2) is 0 Å². The van der Waals surface area contributed by atoms with Gasteiger partial charge in [-0.3, -0.25) is 0 Å². The molecule has 0 saturated carbocycles. The van der Waals surface area contributed by atoms with Gasteiger partial charge in [-0.2, -0.15) is 0 Å². The molecule has 3 atom stereocenters. The van der Waals surface area contributed by atoms with Crippen LogP contribution in [0.1, 0.15) is 30.9 Å². The smallest absolute Gasteiger partial charge is 0.288 e. The number of amidine groups is 1. The largest absolute Gasteiger partial charge is 0.460 e. The predicted molar refractivity (Wildman–Crippen MR) is 115 cm³/mol. The van der Waals surface area contributed by atoms with Gasteiger partial charge in [-0.1, -0.05) is 37.4 Å². The molecule has 0 N–H and O–H groups in total. The highest BCUT2D eigenvalue weighted by atomic mass is 19.1. The number of hydrogen-bond acceptors (Lipinski definition) is 4. The summed E-state index contributed by atoms with van der Waals surface area (Å²) in [5.41, 5.74) is 3.27. The lowest BCUT2D eigenvalue weighted by Gasteiger charge is -2.39. The highest BCUT2D eigenvalue weighted by Gasteiger charge is 2.37. The Kier molecular flexibility index (Phi) is 5.86. The average molecular weight is 396 g/mol. The van der Waals surface area contributed by atoms with E-state index in [4.69, 9.17) is 9.73 Å². The zero-order valence-electron chi connectivity index (χ0n) is 17.2. The maximum absolute atomic E-state index is 13.5. The average Bonchev–Trinajstić information content (AvgIpc) is 3.23. The molecule has 5 heteroatoms. The van der Waals surface area contributed by atoms with Crippen LogP contribution in [0.15, 0.2) is 65.7 Å². The standard InChI is InChI=1S/C24H30FN3O/c1-4-17-12-14-28(23(21(17)5-2)18-8-10-20(25)11-9-18)24-26-15-22(29-24)19-7-6-13-27(3)16-19/h4-5,8-11,19,22-23H,1-2,6-7,12-16H2,3H3/t19-,22+,23+/m1/s1. The lowest BCUT2D eigenvalue weighted by Crippen LogP contribution is -2.43. The highest BCUT2D eigenvalue weighted by molar-refractivity contribution is 5.77. The van der Waals surface area contributed by atoms with Crippen LogP contribution in [0, 0.1) is 11.7 Å². The Morgan fingerprint density at radius 1 is 1.17 bits per heavy atom. The Morgan fingerprint density at radius 3 is 2.66 bits per heavy atom. The van der Waals surface area contributed by atoms with Crippen molar-refractivity contribution in [1.29, 1.82) is 0 Å². The van der Waals surface area contributed by atoms with Crippen LogP contribution in [0.5, 0.6) is 0 Å². The fourth-order valence-corrected chi connectivity index (χ4v) is 4.82. The third kappa shape index (κ3) is 4.01. The minimum atomic E-state index is -0.236. The van der Waals surface area contributed by atoms with Gasteiger partial charge in [-0.25, -0.2) is 9.38 Å². The number of hydrogen-bond donors (Lipinski definition) is 0. The summed E-state index contributed by atoms with van der Waals surface area (Å²) in [6.07, 6.45) is 7.20. The van der Waals surface area contributed by atoms with Crippen molar-refractivity contribution < 1.29 is 9.13 Å². The number of halogens is 1. The summed E-state index contributed by atoms with van der Waals surface area (Å²) in [7, 11) is 2.18. The predicted octanol–water partition coefficient (Wildman–Crippen LogP) is 4.34. The van der Waals surface area contributed by atoms with Gasteiger partial charge in [-0.15, -0.1) is 0 Å². The van der Waals surface area contributed by atoms with Crippen LogP contribution in [0.3, 0.4) is 0 Å². The van der Waals surface area contributed by atoms with E-state index in [-0.39, 0.29) is 18.0 Å². The quantitative estimate of drug-likeness (QED) is 0.759. The molecule has 0 spiro atoms. The Bertz CT molecular complexity index is 829. The Balaban J connectivity index is 1.60. The lowest BCUT2D eigenvalue weighted by atomic mass is 9.88. The molecule has 29 heavy (non-hydrogen) atoms. The first-order valence-corrected chi connectivity index (χ1v) is 10.5. The second kappa shape index (κ2) is 8.54. The first kappa shape index (κ1) is 19.9. The molecule has 0 aromatic heterocycles. The van der Waals surface area contributed by atoms with Crippen molar-refractivity contribution in [3.05, 3.63) is 72.1 Å². The van der Waals surface area contributed by atoms with Crippen molar-refractivity contribution in [2.24, 2.45) is 10.9 Å². The fraction of sp³-hybridized carbons (Fsp3) is 0.458. The third-order valence-corrected chi connectivity index (χ3v) is 6.35. The molecular formula is C24H30FN3O. The first-order valence-electron chi connectivity index (χ1n) is 10.5. The molecule has 3 aliphatic heterocycles. The summed E-state index contributed by atoms with van der Waals surface area (Å²) in [5, 5.41) is 0. The van der Waals surface area contributed by atoms with E-state index in [1.165, 1.54) is 30.5 Å². The van der Waals surface area contributed by atoms with E-state index >= 15 is 0 Å². The molecule has 3 aliphatic rings. The van der Waals surface area contributed by atoms with Crippen LogP contribution < -0.4 is 0 Å². The van der Waals surface area contributed by atoms with Crippen molar-refractivity contribution in [3.8, 4) is 0 Å². The molecule has 154 valence electrons. The van der Waals surface area contributed by atoms with E-state index in [1.54, 1.807) is 0 Å². The van der Waals surface area contributed by atoms with Crippen molar-refractivity contribution in [1.82, 2.24) is 9.80 Å². The number of allylic oxidation sites excluding steroid dienone is 1. The highest BCUT2D eigenvalue weighted by Crippen LogP contribution is 2.38. The molecule has 1 fully saturated rings. The van der Waals surface area contributed by atoms with Crippen LogP contribution in [0.2, 0.25) is 0 Å². The van der Waals surface area contributed by atoms with E-state index in [1.807, 2.05) is 24.3 Å². The molecule has 0 unspecified atom stereocenters. The molecule has 4 nitrogen and oxygen atoms in total. The molecular weight excluding hydrogens is 365 g/mol. The number of likely N-dealkylation sites (tertiary alicyclic amines) is 1. The zero-order chi connectivity index (χ0) is 20.4. The van der Waals surface area contributed by atoms with Gasteiger partial charge in [0.2, 0.25) is 0 Å². The van der Waals surface area contributed by atoms with Crippen molar-refractivity contribution >= 4 is 6.02 Å². The van der Waals surface area contributed by atoms with Crippen LogP contribution in [0.25, 0.3) is 0 Å². The normalized spacial score (nSPS) is 28.1. The molecule has 0 aliphatic carbocycles. The van der Waals surface area contributed by atoms with E-state index in [0.29, 0.717) is 18.5 Å². The van der Waals surface area contributed by atoms with Crippen molar-refractivity contribution in [2.75, 3.05) is 33.2 Å². The van der Waals surface area contributed by atoms with E-state index in [9.17, 15) is 4.39 Å². The van der Waals surface area contributed by atoms with Crippen LogP contribution in [-0.2, 0) is 4.74 Å². The summed E-state index contributed by atoms with van der Waals surface area (Å²) in [4.78, 5) is 9.39. The molecule has 1 aromatic carbocycles. The van der Waals surface area contributed by atoms with Crippen molar-refractivity contribution in [2.45, 2.75) is 31.4 Å².